The average Bonchev–Trinajstić information content (AvgIpc) is 2.37. The summed E-state index contributed by atoms with van der Waals surface area (Å²) in [4.78, 5) is 0.674. The molecular formula is C14H20N2O3S2. The topological polar surface area (TPSA) is 72.6 Å². The fraction of sp³-hybridized carbons (Fsp3) is 0.500. The van der Waals surface area contributed by atoms with E-state index in [1.165, 1.54) is 4.31 Å². The van der Waals surface area contributed by atoms with Crippen LogP contribution in [-0.4, -0.2) is 43.0 Å². The number of thiocarbonyl (C=S) groups is 1. The highest BCUT2D eigenvalue weighted by atomic mass is 32.2. The molecule has 0 spiro atoms. The van der Waals surface area contributed by atoms with Crippen LogP contribution in [0.2, 0.25) is 0 Å². The molecule has 0 amide bonds. The molecule has 0 saturated carbocycles. The van der Waals surface area contributed by atoms with E-state index in [1.807, 2.05) is 13.8 Å². The fourth-order valence-electron chi connectivity index (χ4n) is 2.31. The summed E-state index contributed by atoms with van der Waals surface area (Å²) < 4.78 is 32.3. The van der Waals surface area contributed by atoms with Gasteiger partial charge in [0.2, 0.25) is 10.0 Å². The number of hydrogen-bond acceptors (Lipinski definition) is 4. The Hall–Kier alpha value is -1.02. The van der Waals surface area contributed by atoms with Crippen molar-refractivity contribution in [3.05, 3.63) is 29.8 Å². The standard InChI is InChI=1S/C14H20N2O3S2/c1-14(2)10-16(7-8-19-14)21(17,18)12-5-3-11(4-6-12)9-13(15)20/h3-6H,7-10H2,1-2H3,(H2,15,20). The molecule has 0 aliphatic carbocycles. The van der Waals surface area contributed by atoms with Crippen LogP contribution in [0.4, 0.5) is 0 Å². The van der Waals surface area contributed by atoms with Crippen LogP contribution in [0, 0.1) is 0 Å². The van der Waals surface area contributed by atoms with Crippen molar-refractivity contribution >= 4 is 27.2 Å². The number of nitrogens with two attached hydrogens (primary N) is 1. The van der Waals surface area contributed by atoms with Crippen molar-refractivity contribution < 1.29 is 13.2 Å². The van der Waals surface area contributed by atoms with Crippen LogP contribution in [0.25, 0.3) is 0 Å². The molecule has 1 heterocycles. The first-order valence-electron chi connectivity index (χ1n) is 6.72. The van der Waals surface area contributed by atoms with Gasteiger partial charge < -0.3 is 10.5 Å². The Kier molecular flexibility index (Phi) is 4.67. The Morgan fingerprint density at radius 1 is 1.38 bits per heavy atom. The van der Waals surface area contributed by atoms with Gasteiger partial charge in [0.1, 0.15) is 0 Å². The molecular weight excluding hydrogens is 308 g/mol. The van der Waals surface area contributed by atoms with Gasteiger partial charge in [0, 0.05) is 19.5 Å². The number of rotatable bonds is 4. The van der Waals surface area contributed by atoms with Gasteiger partial charge in [-0.2, -0.15) is 4.31 Å². The predicted octanol–water partition coefficient (Wildman–Crippen LogP) is 1.31. The first kappa shape index (κ1) is 16.4. The summed E-state index contributed by atoms with van der Waals surface area (Å²) in [6.07, 6.45) is 0.472. The molecule has 0 atom stereocenters. The van der Waals surface area contributed by atoms with Crippen molar-refractivity contribution in [2.45, 2.75) is 30.8 Å². The molecule has 21 heavy (non-hydrogen) atoms. The minimum Gasteiger partial charge on any atom is -0.393 e. The molecule has 1 aromatic carbocycles. The molecule has 1 saturated heterocycles. The van der Waals surface area contributed by atoms with E-state index in [0.29, 0.717) is 31.1 Å². The fourth-order valence-corrected chi connectivity index (χ4v) is 4.05. The van der Waals surface area contributed by atoms with E-state index in [0.717, 1.165) is 5.56 Å². The van der Waals surface area contributed by atoms with Crippen molar-refractivity contribution in [3.63, 3.8) is 0 Å². The number of sulfonamides is 1. The summed E-state index contributed by atoms with van der Waals surface area (Å²) in [7, 11) is -3.49. The van der Waals surface area contributed by atoms with Crippen LogP contribution in [0.1, 0.15) is 19.4 Å². The lowest BCUT2D eigenvalue weighted by Gasteiger charge is -2.37. The second-order valence-electron chi connectivity index (χ2n) is 5.73. The Bertz CT molecular complexity index is 624. The van der Waals surface area contributed by atoms with E-state index >= 15 is 0 Å². The molecule has 0 bridgehead atoms. The largest absolute Gasteiger partial charge is 0.393 e. The monoisotopic (exact) mass is 328 g/mol. The zero-order chi connectivity index (χ0) is 15.7. The van der Waals surface area contributed by atoms with Crippen LogP contribution in [0.3, 0.4) is 0 Å². The second kappa shape index (κ2) is 6.00. The Balaban J connectivity index is 2.21. The Labute approximate surface area is 131 Å². The molecule has 7 heteroatoms. The lowest BCUT2D eigenvalue weighted by Crippen LogP contribution is -2.50. The molecule has 1 aliphatic rings. The van der Waals surface area contributed by atoms with Gasteiger partial charge in [-0.15, -0.1) is 0 Å². The van der Waals surface area contributed by atoms with Crippen molar-refractivity contribution in [3.8, 4) is 0 Å². The third-order valence-corrected chi connectivity index (χ3v) is 5.33. The van der Waals surface area contributed by atoms with Crippen LogP contribution in [0.5, 0.6) is 0 Å². The van der Waals surface area contributed by atoms with E-state index in [-0.39, 0.29) is 4.90 Å². The van der Waals surface area contributed by atoms with E-state index in [9.17, 15) is 8.42 Å². The van der Waals surface area contributed by atoms with Crippen LogP contribution < -0.4 is 5.73 Å². The average molecular weight is 328 g/mol. The molecule has 1 aliphatic heterocycles. The van der Waals surface area contributed by atoms with E-state index in [2.05, 4.69) is 0 Å². The summed E-state index contributed by atoms with van der Waals surface area (Å²) in [6, 6.07) is 6.70. The smallest absolute Gasteiger partial charge is 0.243 e. The number of hydrogen-bond donors (Lipinski definition) is 1. The maximum Gasteiger partial charge on any atom is 0.243 e. The first-order chi connectivity index (χ1) is 9.71. The minimum atomic E-state index is -3.49. The van der Waals surface area contributed by atoms with Gasteiger partial charge in [-0.05, 0) is 31.5 Å². The summed E-state index contributed by atoms with van der Waals surface area (Å²) in [5, 5.41) is 0. The highest BCUT2D eigenvalue weighted by Gasteiger charge is 2.34. The van der Waals surface area contributed by atoms with Crippen molar-refractivity contribution in [1.82, 2.24) is 4.31 Å². The maximum absolute atomic E-state index is 12.6. The van der Waals surface area contributed by atoms with Crippen LogP contribution in [0.15, 0.2) is 29.2 Å². The molecule has 116 valence electrons. The molecule has 0 aromatic heterocycles. The van der Waals surface area contributed by atoms with Gasteiger partial charge in [-0.25, -0.2) is 8.42 Å². The van der Waals surface area contributed by atoms with E-state index in [4.69, 9.17) is 22.7 Å². The lowest BCUT2D eigenvalue weighted by atomic mass is 10.1. The number of nitrogens with zero attached hydrogens (tertiary/aromatic N) is 1. The molecule has 1 fully saturated rings. The number of morpholine rings is 1. The zero-order valence-corrected chi connectivity index (χ0v) is 13.8. The van der Waals surface area contributed by atoms with Gasteiger partial charge in [0.05, 0.1) is 22.1 Å². The molecule has 2 rings (SSSR count). The van der Waals surface area contributed by atoms with Crippen molar-refractivity contribution in [1.29, 1.82) is 0 Å². The highest BCUT2D eigenvalue weighted by Crippen LogP contribution is 2.23. The third kappa shape index (κ3) is 4.00. The van der Waals surface area contributed by atoms with Crippen molar-refractivity contribution in [2.75, 3.05) is 19.7 Å². The maximum atomic E-state index is 12.6. The van der Waals surface area contributed by atoms with Gasteiger partial charge in [-0.3, -0.25) is 0 Å². The van der Waals surface area contributed by atoms with Gasteiger partial charge in [0.15, 0.2) is 0 Å². The summed E-state index contributed by atoms with van der Waals surface area (Å²) >= 11 is 4.85. The summed E-state index contributed by atoms with van der Waals surface area (Å²) in [5.41, 5.74) is 5.93. The lowest BCUT2D eigenvalue weighted by molar-refractivity contribution is -0.0640. The molecule has 2 N–H and O–H groups in total. The highest BCUT2D eigenvalue weighted by molar-refractivity contribution is 7.89. The zero-order valence-electron chi connectivity index (χ0n) is 12.2. The van der Waals surface area contributed by atoms with Gasteiger partial charge >= 0.3 is 0 Å². The normalized spacial score (nSPS) is 19.3. The number of benzene rings is 1. The van der Waals surface area contributed by atoms with E-state index < -0.39 is 15.6 Å². The molecule has 0 unspecified atom stereocenters. The van der Waals surface area contributed by atoms with E-state index in [1.54, 1.807) is 24.3 Å². The quantitative estimate of drug-likeness (QED) is 0.844. The van der Waals surface area contributed by atoms with Crippen LogP contribution in [-0.2, 0) is 21.2 Å². The number of ether oxygens (including phenoxy) is 1. The minimum absolute atomic E-state index is 0.284. The Morgan fingerprint density at radius 3 is 2.52 bits per heavy atom. The third-order valence-electron chi connectivity index (χ3n) is 3.33. The molecule has 0 radical (unpaired) electrons. The SMILES string of the molecule is CC1(C)CN(S(=O)(=O)c2ccc(CC(N)=S)cc2)CCO1. The van der Waals surface area contributed by atoms with Gasteiger partial charge in [-0.1, -0.05) is 24.4 Å². The predicted molar refractivity (Wildman–Crippen MR) is 85.7 cm³/mol. The Morgan fingerprint density at radius 2 is 2.00 bits per heavy atom. The van der Waals surface area contributed by atoms with Gasteiger partial charge in [0.25, 0.3) is 0 Å². The van der Waals surface area contributed by atoms with Crippen molar-refractivity contribution in [2.24, 2.45) is 5.73 Å². The molecule has 1 aromatic rings. The molecule has 5 nitrogen and oxygen atoms in total. The first-order valence-corrected chi connectivity index (χ1v) is 8.57. The second-order valence-corrected chi connectivity index (χ2v) is 8.20. The summed E-state index contributed by atoms with van der Waals surface area (Å²) in [6.45, 7) is 4.91. The van der Waals surface area contributed by atoms with Crippen LogP contribution >= 0.6 is 12.2 Å². The summed E-state index contributed by atoms with van der Waals surface area (Å²) in [5.74, 6) is 0.